The number of para-hydroxylation sites is 1. The molecular weight excluding hydrogens is 414 g/mol. The van der Waals surface area contributed by atoms with E-state index in [1.807, 2.05) is 0 Å². The Morgan fingerprint density at radius 3 is 2.50 bits per heavy atom. The maximum atomic E-state index is 5.68. The van der Waals surface area contributed by atoms with Crippen molar-refractivity contribution in [1.82, 2.24) is 0 Å². The van der Waals surface area contributed by atoms with Gasteiger partial charge in [-0.2, -0.15) is 4.57 Å². The van der Waals surface area contributed by atoms with Gasteiger partial charge in [-0.25, -0.2) is 0 Å². The Balaban J connectivity index is 0.00000225. The quantitative estimate of drug-likeness (QED) is 0.565. The SMILES string of the molecule is Cc1ccc(C=Cc2cc[n+](CCC3OCCCO3)c3ccccc23)cc1.[Br-]. The fourth-order valence-electron chi connectivity index (χ4n) is 3.46. The Labute approximate surface area is 177 Å². The van der Waals surface area contributed by atoms with E-state index in [9.17, 15) is 0 Å². The summed E-state index contributed by atoms with van der Waals surface area (Å²) in [6, 6.07) is 19.4. The third-order valence-electron chi connectivity index (χ3n) is 4.99. The highest BCUT2D eigenvalue weighted by atomic mass is 79.9. The molecule has 3 aromatic rings. The van der Waals surface area contributed by atoms with E-state index in [0.717, 1.165) is 32.6 Å². The van der Waals surface area contributed by atoms with Gasteiger partial charge >= 0.3 is 0 Å². The van der Waals surface area contributed by atoms with Gasteiger partial charge in [-0.3, -0.25) is 0 Å². The molecule has 28 heavy (non-hydrogen) atoms. The van der Waals surface area contributed by atoms with Gasteiger partial charge in [0.25, 0.3) is 0 Å². The Morgan fingerprint density at radius 2 is 1.71 bits per heavy atom. The summed E-state index contributed by atoms with van der Waals surface area (Å²) in [4.78, 5) is 0. The molecule has 0 amide bonds. The van der Waals surface area contributed by atoms with Crippen molar-refractivity contribution in [3.63, 3.8) is 0 Å². The minimum atomic E-state index is -0.0777. The van der Waals surface area contributed by atoms with Crippen molar-refractivity contribution < 1.29 is 31.0 Å². The van der Waals surface area contributed by atoms with Gasteiger partial charge in [0.2, 0.25) is 5.52 Å². The van der Waals surface area contributed by atoms with Gasteiger partial charge in [0, 0.05) is 12.1 Å². The molecule has 3 nitrogen and oxygen atoms in total. The molecule has 1 fully saturated rings. The van der Waals surface area contributed by atoms with Crippen LogP contribution in [0.25, 0.3) is 23.1 Å². The molecule has 0 saturated carbocycles. The Morgan fingerprint density at radius 1 is 0.964 bits per heavy atom. The first-order chi connectivity index (χ1) is 13.3. The van der Waals surface area contributed by atoms with Crippen molar-refractivity contribution >= 4 is 23.1 Å². The molecule has 1 aliphatic heterocycles. The summed E-state index contributed by atoms with van der Waals surface area (Å²) in [6.07, 6.45) is 8.33. The lowest BCUT2D eigenvalue weighted by Crippen LogP contribution is -3.00. The average molecular weight is 440 g/mol. The van der Waals surface area contributed by atoms with Crippen LogP contribution in [0.2, 0.25) is 0 Å². The van der Waals surface area contributed by atoms with E-state index in [2.05, 4.69) is 84.4 Å². The normalized spacial score (nSPS) is 15.0. The smallest absolute Gasteiger partial charge is 0.213 e. The van der Waals surface area contributed by atoms with Gasteiger partial charge in [-0.05, 0) is 30.5 Å². The number of fused-ring (bicyclic) bond motifs is 1. The van der Waals surface area contributed by atoms with E-state index in [0.29, 0.717) is 0 Å². The fourth-order valence-corrected chi connectivity index (χ4v) is 3.46. The first-order valence-electron chi connectivity index (χ1n) is 9.69. The van der Waals surface area contributed by atoms with Crippen molar-refractivity contribution in [2.75, 3.05) is 13.2 Å². The van der Waals surface area contributed by atoms with E-state index in [1.165, 1.54) is 27.6 Å². The Kier molecular flexibility index (Phi) is 7.37. The van der Waals surface area contributed by atoms with E-state index in [-0.39, 0.29) is 23.3 Å². The summed E-state index contributed by atoms with van der Waals surface area (Å²) in [7, 11) is 0. The van der Waals surface area contributed by atoms with Crippen LogP contribution in [0.5, 0.6) is 0 Å². The number of hydrogen-bond acceptors (Lipinski definition) is 2. The lowest BCUT2D eigenvalue weighted by molar-refractivity contribution is -0.673. The van der Waals surface area contributed by atoms with Crippen molar-refractivity contribution in [2.45, 2.75) is 32.6 Å². The van der Waals surface area contributed by atoms with Crippen LogP contribution in [0.1, 0.15) is 29.5 Å². The van der Waals surface area contributed by atoms with Crippen LogP contribution in [0.3, 0.4) is 0 Å². The van der Waals surface area contributed by atoms with Crippen LogP contribution < -0.4 is 21.5 Å². The molecule has 4 heteroatoms. The lowest BCUT2D eigenvalue weighted by Gasteiger charge is -2.22. The van der Waals surface area contributed by atoms with E-state index < -0.39 is 0 Å². The van der Waals surface area contributed by atoms with E-state index in [4.69, 9.17) is 9.47 Å². The van der Waals surface area contributed by atoms with Crippen LogP contribution in [-0.4, -0.2) is 19.5 Å². The number of ether oxygens (including phenoxy) is 2. The predicted molar refractivity (Wildman–Crippen MR) is 109 cm³/mol. The molecule has 4 rings (SSSR count). The molecular formula is C24H26BrNO2. The second kappa shape index (κ2) is 9.97. The first-order valence-corrected chi connectivity index (χ1v) is 9.69. The number of rotatable bonds is 5. The molecule has 0 radical (unpaired) electrons. The number of halogens is 1. The van der Waals surface area contributed by atoms with Gasteiger partial charge in [0.1, 0.15) is 0 Å². The summed E-state index contributed by atoms with van der Waals surface area (Å²) < 4.78 is 13.7. The molecule has 0 unspecified atom stereocenters. The second-order valence-corrected chi connectivity index (χ2v) is 7.04. The number of benzene rings is 2. The lowest BCUT2D eigenvalue weighted by atomic mass is 10.1. The maximum Gasteiger partial charge on any atom is 0.213 e. The molecule has 1 aromatic heterocycles. The number of aromatic nitrogens is 1. The molecule has 0 atom stereocenters. The number of nitrogens with zero attached hydrogens (tertiary/aromatic N) is 1. The van der Waals surface area contributed by atoms with Crippen molar-refractivity contribution in [3.8, 4) is 0 Å². The minimum absolute atomic E-state index is 0. The highest BCUT2D eigenvalue weighted by Crippen LogP contribution is 2.19. The van der Waals surface area contributed by atoms with Gasteiger partial charge in [-0.15, -0.1) is 0 Å². The van der Waals surface area contributed by atoms with Gasteiger partial charge in [0.15, 0.2) is 19.0 Å². The third kappa shape index (κ3) is 5.07. The van der Waals surface area contributed by atoms with Gasteiger partial charge in [-0.1, -0.05) is 54.1 Å². The van der Waals surface area contributed by atoms with E-state index in [1.54, 1.807) is 0 Å². The van der Waals surface area contributed by atoms with Crippen LogP contribution in [-0.2, 0) is 16.0 Å². The van der Waals surface area contributed by atoms with Gasteiger partial charge < -0.3 is 26.5 Å². The third-order valence-corrected chi connectivity index (χ3v) is 4.99. The maximum absolute atomic E-state index is 5.68. The molecule has 1 saturated heterocycles. The zero-order chi connectivity index (χ0) is 18.5. The van der Waals surface area contributed by atoms with Gasteiger partial charge in [0.05, 0.1) is 25.0 Å². The zero-order valence-corrected chi connectivity index (χ0v) is 17.8. The molecule has 0 bridgehead atoms. The largest absolute Gasteiger partial charge is 1.00 e. The van der Waals surface area contributed by atoms with Crippen LogP contribution in [0, 0.1) is 6.92 Å². The van der Waals surface area contributed by atoms with Crippen LogP contribution in [0.15, 0.2) is 60.8 Å². The first kappa shape index (κ1) is 20.7. The highest BCUT2D eigenvalue weighted by Gasteiger charge is 2.18. The summed E-state index contributed by atoms with van der Waals surface area (Å²) in [5.74, 6) is 0. The van der Waals surface area contributed by atoms with Crippen molar-refractivity contribution in [3.05, 3.63) is 77.5 Å². The van der Waals surface area contributed by atoms with Crippen molar-refractivity contribution in [2.24, 2.45) is 0 Å². The molecule has 0 aliphatic carbocycles. The summed E-state index contributed by atoms with van der Waals surface area (Å²) in [5, 5.41) is 1.26. The molecule has 0 spiro atoms. The highest BCUT2D eigenvalue weighted by molar-refractivity contribution is 5.88. The topological polar surface area (TPSA) is 22.3 Å². The summed E-state index contributed by atoms with van der Waals surface area (Å²) in [6.45, 7) is 4.60. The fraction of sp³-hybridized carbons (Fsp3) is 0.292. The predicted octanol–water partition coefficient (Wildman–Crippen LogP) is 1.76. The monoisotopic (exact) mass is 439 g/mol. The Hall–Kier alpha value is -2.01. The molecule has 146 valence electrons. The molecule has 1 aliphatic rings. The molecule has 0 N–H and O–H groups in total. The number of pyridine rings is 1. The van der Waals surface area contributed by atoms with Crippen LogP contribution in [0.4, 0.5) is 0 Å². The van der Waals surface area contributed by atoms with Crippen LogP contribution >= 0.6 is 0 Å². The summed E-state index contributed by atoms with van der Waals surface area (Å²) >= 11 is 0. The number of aryl methyl sites for hydroxylation is 2. The van der Waals surface area contributed by atoms with E-state index >= 15 is 0 Å². The minimum Gasteiger partial charge on any atom is -1.00 e. The summed E-state index contributed by atoms with van der Waals surface area (Å²) in [5.41, 5.74) is 4.96. The zero-order valence-electron chi connectivity index (χ0n) is 16.2. The Bertz CT molecular complexity index is 931. The van der Waals surface area contributed by atoms with Crippen molar-refractivity contribution in [1.29, 1.82) is 0 Å². The molecule has 2 aromatic carbocycles. The standard InChI is InChI=1S/C24H26NO2.BrH/c1-19-7-9-20(10-8-19)11-12-21-13-15-25(23-6-3-2-5-22(21)23)16-14-24-26-17-4-18-27-24;/h2-3,5-13,15,24H,4,14,16-18H2,1H3;1H/q+1;/p-1. The molecule has 2 heterocycles. The number of hydrogen-bond donors (Lipinski definition) is 0. The average Bonchev–Trinajstić information content (AvgIpc) is 2.73. The second-order valence-electron chi connectivity index (χ2n) is 7.04.